The topological polar surface area (TPSA) is 65.8 Å². The highest BCUT2D eigenvalue weighted by Gasteiger charge is 2.17. The zero-order valence-electron chi connectivity index (χ0n) is 8.90. The maximum Gasteiger partial charge on any atom is 0.417 e. The van der Waals surface area contributed by atoms with Crippen molar-refractivity contribution in [1.82, 2.24) is 4.98 Å². The molecule has 0 unspecified atom stereocenters. The fraction of sp³-hybridized carbons (Fsp3) is 0.364. The predicted octanol–water partition coefficient (Wildman–Crippen LogP) is -0.495. The lowest BCUT2D eigenvalue weighted by Gasteiger charge is -2.26. The molecule has 0 saturated carbocycles. The van der Waals surface area contributed by atoms with Gasteiger partial charge in [-0.3, -0.25) is 4.98 Å². The number of nitrogens with zero attached hydrogens (tertiary/aromatic N) is 1. The SMILES string of the molecule is O=c1[nH]c2cccc(N3CC[NH2+]CC3)c2o1. The number of para-hydroxylation sites is 1. The van der Waals surface area contributed by atoms with E-state index in [1.54, 1.807) is 0 Å². The van der Waals surface area contributed by atoms with Crippen molar-refractivity contribution in [2.24, 2.45) is 0 Å². The quantitative estimate of drug-likeness (QED) is 0.681. The molecular formula is C11H14N3O2+. The first-order valence-corrected chi connectivity index (χ1v) is 5.53. The predicted molar refractivity (Wildman–Crippen MR) is 60.7 cm³/mol. The van der Waals surface area contributed by atoms with Crippen LogP contribution in [0.4, 0.5) is 5.69 Å². The van der Waals surface area contributed by atoms with Crippen molar-refractivity contribution in [3.05, 3.63) is 28.7 Å². The third-order valence-corrected chi connectivity index (χ3v) is 2.97. The van der Waals surface area contributed by atoms with Crippen molar-refractivity contribution in [2.75, 3.05) is 31.1 Å². The molecule has 2 heterocycles. The number of nitrogens with two attached hydrogens (primary N) is 1. The van der Waals surface area contributed by atoms with Crippen molar-refractivity contribution in [2.45, 2.75) is 0 Å². The van der Waals surface area contributed by atoms with Crippen LogP contribution in [0.5, 0.6) is 0 Å². The van der Waals surface area contributed by atoms with Crippen LogP contribution in [0, 0.1) is 0 Å². The van der Waals surface area contributed by atoms with Crippen LogP contribution in [-0.4, -0.2) is 31.2 Å². The highest BCUT2D eigenvalue weighted by molar-refractivity contribution is 5.86. The highest BCUT2D eigenvalue weighted by Crippen LogP contribution is 2.24. The van der Waals surface area contributed by atoms with Crippen LogP contribution in [0.3, 0.4) is 0 Å². The van der Waals surface area contributed by atoms with Crippen molar-refractivity contribution < 1.29 is 9.73 Å². The van der Waals surface area contributed by atoms with Gasteiger partial charge in [-0.1, -0.05) is 6.07 Å². The van der Waals surface area contributed by atoms with Gasteiger partial charge in [0, 0.05) is 0 Å². The Hall–Kier alpha value is -1.75. The molecule has 0 amide bonds. The number of piperazine rings is 1. The zero-order valence-corrected chi connectivity index (χ0v) is 8.90. The van der Waals surface area contributed by atoms with Gasteiger partial charge in [0.25, 0.3) is 0 Å². The number of quaternary nitrogens is 1. The van der Waals surface area contributed by atoms with Crippen molar-refractivity contribution >= 4 is 16.8 Å². The number of benzene rings is 1. The van der Waals surface area contributed by atoms with Gasteiger partial charge in [-0.05, 0) is 12.1 Å². The van der Waals surface area contributed by atoms with E-state index in [0.29, 0.717) is 5.58 Å². The summed E-state index contributed by atoms with van der Waals surface area (Å²) in [5, 5.41) is 2.30. The van der Waals surface area contributed by atoms with Crippen molar-refractivity contribution in [3.63, 3.8) is 0 Å². The second-order valence-electron chi connectivity index (χ2n) is 4.02. The smallest absolute Gasteiger partial charge is 0.406 e. The Morgan fingerprint density at radius 2 is 2.12 bits per heavy atom. The molecule has 1 aromatic carbocycles. The fourth-order valence-electron chi connectivity index (χ4n) is 2.20. The van der Waals surface area contributed by atoms with E-state index in [9.17, 15) is 4.79 Å². The van der Waals surface area contributed by atoms with Gasteiger partial charge in [0.1, 0.15) is 0 Å². The first kappa shape index (κ1) is 9.47. The summed E-state index contributed by atoms with van der Waals surface area (Å²) in [5.74, 6) is -0.383. The Labute approximate surface area is 92.1 Å². The largest absolute Gasteiger partial charge is 0.417 e. The first-order valence-electron chi connectivity index (χ1n) is 5.53. The number of H-pyrrole nitrogens is 1. The number of nitrogens with one attached hydrogen (secondary N) is 1. The summed E-state index contributed by atoms with van der Waals surface area (Å²) in [6.45, 7) is 4.16. The molecule has 0 radical (unpaired) electrons. The molecule has 5 nitrogen and oxygen atoms in total. The second-order valence-corrected chi connectivity index (χ2v) is 4.02. The Kier molecular flexibility index (Phi) is 2.18. The maximum absolute atomic E-state index is 11.2. The minimum atomic E-state index is -0.383. The Bertz CT molecular complexity index is 552. The number of fused-ring (bicyclic) bond motifs is 1. The lowest BCUT2D eigenvalue weighted by Crippen LogP contribution is -2.89. The molecule has 1 aliphatic rings. The van der Waals surface area contributed by atoms with Gasteiger partial charge < -0.3 is 14.6 Å². The van der Waals surface area contributed by atoms with Gasteiger partial charge in [0.05, 0.1) is 37.4 Å². The van der Waals surface area contributed by atoms with E-state index in [4.69, 9.17) is 4.42 Å². The number of aromatic amines is 1. The second kappa shape index (κ2) is 3.68. The van der Waals surface area contributed by atoms with Crippen molar-refractivity contribution in [1.29, 1.82) is 0 Å². The summed E-state index contributed by atoms with van der Waals surface area (Å²) in [6.07, 6.45) is 0. The molecule has 0 aliphatic carbocycles. The number of hydrogen-bond donors (Lipinski definition) is 2. The molecule has 1 aromatic heterocycles. The summed E-state index contributed by atoms with van der Waals surface area (Å²) in [4.78, 5) is 16.1. The zero-order chi connectivity index (χ0) is 11.0. The Balaban J connectivity index is 2.11. The number of anilines is 1. The standard InChI is InChI=1S/C11H13N3O2/c15-11-13-8-2-1-3-9(10(8)16-11)14-6-4-12-5-7-14/h1-3,12H,4-7H2,(H,13,15)/p+1. The Morgan fingerprint density at radius 1 is 1.31 bits per heavy atom. The number of oxazole rings is 1. The lowest BCUT2D eigenvalue weighted by atomic mass is 10.2. The van der Waals surface area contributed by atoms with E-state index in [0.717, 1.165) is 37.4 Å². The lowest BCUT2D eigenvalue weighted by molar-refractivity contribution is -0.655. The highest BCUT2D eigenvalue weighted by atomic mass is 16.4. The first-order chi connectivity index (χ1) is 7.84. The van der Waals surface area contributed by atoms with Gasteiger partial charge in [-0.25, -0.2) is 4.79 Å². The molecular weight excluding hydrogens is 206 g/mol. The third-order valence-electron chi connectivity index (χ3n) is 2.97. The van der Waals surface area contributed by atoms with E-state index >= 15 is 0 Å². The summed E-state index contributed by atoms with van der Waals surface area (Å²) in [7, 11) is 0. The minimum Gasteiger partial charge on any atom is -0.406 e. The molecule has 1 aliphatic heterocycles. The van der Waals surface area contributed by atoms with Crippen LogP contribution in [-0.2, 0) is 0 Å². The minimum absolute atomic E-state index is 0.383. The van der Waals surface area contributed by atoms with Crippen LogP contribution in [0.2, 0.25) is 0 Å². The van der Waals surface area contributed by atoms with Crippen LogP contribution in [0.15, 0.2) is 27.4 Å². The molecule has 3 rings (SSSR count). The normalized spacial score (nSPS) is 16.9. The molecule has 1 fully saturated rings. The van der Waals surface area contributed by atoms with Gasteiger partial charge >= 0.3 is 5.76 Å². The summed E-state index contributed by atoms with van der Waals surface area (Å²) in [6, 6.07) is 5.81. The number of hydrogen-bond acceptors (Lipinski definition) is 3. The average molecular weight is 220 g/mol. The van der Waals surface area contributed by atoms with E-state index < -0.39 is 0 Å². The van der Waals surface area contributed by atoms with E-state index in [-0.39, 0.29) is 5.76 Å². The molecule has 16 heavy (non-hydrogen) atoms. The molecule has 5 heteroatoms. The van der Waals surface area contributed by atoms with Crippen molar-refractivity contribution in [3.8, 4) is 0 Å². The summed E-state index contributed by atoms with van der Waals surface area (Å²) in [5.41, 5.74) is 2.47. The van der Waals surface area contributed by atoms with Gasteiger partial charge in [-0.2, -0.15) is 0 Å². The van der Waals surface area contributed by atoms with Gasteiger partial charge in [-0.15, -0.1) is 0 Å². The molecule has 2 aromatic rings. The Morgan fingerprint density at radius 3 is 2.94 bits per heavy atom. The monoisotopic (exact) mass is 220 g/mol. The molecule has 0 bridgehead atoms. The van der Waals surface area contributed by atoms with Crippen LogP contribution in [0.1, 0.15) is 0 Å². The van der Waals surface area contributed by atoms with E-state index in [2.05, 4.69) is 15.2 Å². The number of rotatable bonds is 1. The van der Waals surface area contributed by atoms with Gasteiger partial charge in [0.15, 0.2) is 5.58 Å². The molecule has 1 saturated heterocycles. The summed E-state index contributed by atoms with van der Waals surface area (Å²) >= 11 is 0. The van der Waals surface area contributed by atoms with Crippen LogP contribution < -0.4 is 16.0 Å². The van der Waals surface area contributed by atoms with Crippen LogP contribution in [0.25, 0.3) is 11.1 Å². The number of aromatic nitrogens is 1. The third kappa shape index (κ3) is 1.49. The van der Waals surface area contributed by atoms with E-state index in [1.807, 2.05) is 18.2 Å². The average Bonchev–Trinajstić information content (AvgIpc) is 2.70. The molecule has 3 N–H and O–H groups in total. The summed E-state index contributed by atoms with van der Waals surface area (Å²) < 4.78 is 5.19. The fourth-order valence-corrected chi connectivity index (χ4v) is 2.20. The van der Waals surface area contributed by atoms with Gasteiger partial charge in [0.2, 0.25) is 0 Å². The molecule has 84 valence electrons. The maximum atomic E-state index is 11.2. The molecule has 0 spiro atoms. The van der Waals surface area contributed by atoms with E-state index in [1.165, 1.54) is 0 Å². The molecule has 0 atom stereocenters. The van der Waals surface area contributed by atoms with Crippen LogP contribution >= 0.6 is 0 Å².